The lowest BCUT2D eigenvalue weighted by molar-refractivity contribution is 0.523. The second kappa shape index (κ2) is 6.79. The Hall–Kier alpha value is -1.77. The molecule has 21 heavy (non-hydrogen) atoms. The summed E-state index contributed by atoms with van der Waals surface area (Å²) in [5, 5.41) is 10.5. The van der Waals surface area contributed by atoms with Gasteiger partial charge in [0.05, 0.1) is 5.69 Å². The number of hydrogen-bond donors (Lipinski definition) is 0. The lowest BCUT2D eigenvalue weighted by Gasteiger charge is -2.19. The van der Waals surface area contributed by atoms with Gasteiger partial charge in [-0.1, -0.05) is 27.5 Å². The molecule has 2 rings (SSSR count). The molecule has 0 aliphatic carbocycles. The molecule has 0 unspecified atom stereocenters. The van der Waals surface area contributed by atoms with Gasteiger partial charge >= 0.3 is 5.63 Å². The second-order valence-electron chi connectivity index (χ2n) is 4.39. The molecule has 0 aliphatic heterocycles. The van der Waals surface area contributed by atoms with E-state index < -0.39 is 5.63 Å². The van der Waals surface area contributed by atoms with Gasteiger partial charge in [-0.2, -0.15) is 5.26 Å². The summed E-state index contributed by atoms with van der Waals surface area (Å²) in [4.78, 5) is 13.8. The predicted molar refractivity (Wildman–Crippen MR) is 87.2 cm³/mol. The van der Waals surface area contributed by atoms with Gasteiger partial charge in [-0.05, 0) is 24.3 Å². The first kappa shape index (κ1) is 15.6. The van der Waals surface area contributed by atoms with Gasteiger partial charge in [-0.3, -0.25) is 0 Å². The van der Waals surface area contributed by atoms with E-state index in [1.165, 1.54) is 0 Å². The average Bonchev–Trinajstić information content (AvgIpc) is 2.47. The summed E-state index contributed by atoms with van der Waals surface area (Å²) in [7, 11) is 1.82. The summed E-state index contributed by atoms with van der Waals surface area (Å²) in [6, 6.07) is 10.6. The molecule has 1 aromatic heterocycles. The number of halogens is 2. The van der Waals surface area contributed by atoms with Gasteiger partial charge in [-0.15, -0.1) is 0 Å². The topological polar surface area (TPSA) is 57.2 Å². The van der Waals surface area contributed by atoms with Gasteiger partial charge in [0.25, 0.3) is 0 Å². The van der Waals surface area contributed by atoms with E-state index in [1.54, 1.807) is 30.3 Å². The molecule has 2 aromatic rings. The maximum atomic E-state index is 12.0. The van der Waals surface area contributed by atoms with Gasteiger partial charge in [-0.25, -0.2) is 4.79 Å². The van der Waals surface area contributed by atoms with E-state index in [9.17, 15) is 4.79 Å². The van der Waals surface area contributed by atoms with Crippen molar-refractivity contribution in [3.05, 3.63) is 51.3 Å². The van der Waals surface area contributed by atoms with Crippen LogP contribution in [0.5, 0.6) is 0 Å². The predicted octanol–water partition coefficient (Wildman–Crippen LogP) is 3.66. The molecule has 0 amide bonds. The van der Waals surface area contributed by atoms with Gasteiger partial charge in [0.2, 0.25) is 0 Å². The average molecular weight is 368 g/mol. The molecule has 0 aliphatic rings. The van der Waals surface area contributed by atoms with Gasteiger partial charge in [0.1, 0.15) is 11.8 Å². The van der Waals surface area contributed by atoms with E-state index in [0.717, 1.165) is 10.9 Å². The minimum absolute atomic E-state index is 0.0103. The van der Waals surface area contributed by atoms with Crippen LogP contribution in [0.25, 0.3) is 11.3 Å². The zero-order valence-corrected chi connectivity index (χ0v) is 13.6. The molecule has 0 atom stereocenters. The number of rotatable bonds is 4. The van der Waals surface area contributed by atoms with E-state index in [1.807, 2.05) is 18.0 Å². The molecule has 0 fully saturated rings. The van der Waals surface area contributed by atoms with E-state index >= 15 is 0 Å². The summed E-state index contributed by atoms with van der Waals surface area (Å²) in [5.41, 5.74) is 0.658. The van der Waals surface area contributed by atoms with Crippen LogP contribution >= 0.6 is 27.5 Å². The van der Waals surface area contributed by atoms with E-state index in [2.05, 4.69) is 15.9 Å². The van der Waals surface area contributed by atoms with Crippen LogP contribution in [0.4, 0.5) is 5.69 Å². The van der Waals surface area contributed by atoms with Crippen molar-refractivity contribution in [2.45, 2.75) is 0 Å². The van der Waals surface area contributed by atoms with Crippen LogP contribution in [0.3, 0.4) is 0 Å². The standard InChI is InChI=1S/C15H12BrClN2O2/c1-19(7-6-16)13-8-14(21-15(20)12(13)9-18)10-2-4-11(17)5-3-10/h2-5,8H,6-7H2,1H3. The Labute approximate surface area is 135 Å². The molecule has 0 N–H and O–H groups in total. The van der Waals surface area contributed by atoms with Crippen LogP contribution in [-0.4, -0.2) is 18.9 Å². The van der Waals surface area contributed by atoms with Crippen LogP contribution in [0.1, 0.15) is 5.56 Å². The van der Waals surface area contributed by atoms with Crippen LogP contribution in [0.2, 0.25) is 5.02 Å². The van der Waals surface area contributed by atoms with Crippen molar-refractivity contribution >= 4 is 33.2 Å². The summed E-state index contributed by atoms with van der Waals surface area (Å²) in [6.07, 6.45) is 0. The van der Waals surface area contributed by atoms with E-state index in [0.29, 0.717) is 23.0 Å². The highest BCUT2D eigenvalue weighted by Gasteiger charge is 2.15. The van der Waals surface area contributed by atoms with Crippen molar-refractivity contribution < 1.29 is 4.42 Å². The molecule has 0 spiro atoms. The SMILES string of the molecule is CN(CCBr)c1cc(-c2ccc(Cl)cc2)oc(=O)c1C#N. The molecular weight excluding hydrogens is 356 g/mol. The maximum absolute atomic E-state index is 12.0. The molecule has 0 saturated carbocycles. The highest BCUT2D eigenvalue weighted by atomic mass is 79.9. The van der Waals surface area contributed by atoms with Crippen LogP contribution in [-0.2, 0) is 0 Å². The summed E-state index contributed by atoms with van der Waals surface area (Å²) < 4.78 is 5.23. The fourth-order valence-corrected chi connectivity index (χ4v) is 2.55. The molecule has 1 heterocycles. The smallest absolute Gasteiger partial charge is 0.356 e. The van der Waals surface area contributed by atoms with Crippen LogP contribution in [0.15, 0.2) is 39.5 Å². The number of nitrogens with zero attached hydrogens (tertiary/aromatic N) is 2. The second-order valence-corrected chi connectivity index (χ2v) is 5.62. The lowest BCUT2D eigenvalue weighted by atomic mass is 10.1. The third-order valence-electron chi connectivity index (χ3n) is 3.00. The Bertz CT molecular complexity index is 735. The largest absolute Gasteiger partial charge is 0.422 e. The molecule has 6 heteroatoms. The Morgan fingerprint density at radius 3 is 2.62 bits per heavy atom. The highest BCUT2D eigenvalue weighted by molar-refractivity contribution is 9.09. The highest BCUT2D eigenvalue weighted by Crippen LogP contribution is 2.26. The van der Waals surface area contributed by atoms with Crippen molar-refractivity contribution in [2.75, 3.05) is 23.8 Å². The number of benzene rings is 1. The fourth-order valence-electron chi connectivity index (χ4n) is 1.89. The van der Waals surface area contributed by atoms with Gasteiger partial charge in [0.15, 0.2) is 5.56 Å². The first-order chi connectivity index (χ1) is 10.1. The van der Waals surface area contributed by atoms with Crippen molar-refractivity contribution in [2.24, 2.45) is 0 Å². The number of nitriles is 1. The first-order valence-electron chi connectivity index (χ1n) is 6.18. The van der Waals surface area contributed by atoms with Crippen molar-refractivity contribution in [3.63, 3.8) is 0 Å². The Kier molecular flexibility index (Phi) is 5.05. The van der Waals surface area contributed by atoms with Crippen molar-refractivity contribution in [1.29, 1.82) is 5.26 Å². The zero-order chi connectivity index (χ0) is 15.4. The van der Waals surface area contributed by atoms with Gasteiger partial charge < -0.3 is 9.32 Å². The number of alkyl halides is 1. The normalized spacial score (nSPS) is 10.2. The number of anilines is 1. The molecule has 4 nitrogen and oxygen atoms in total. The zero-order valence-electron chi connectivity index (χ0n) is 11.3. The number of hydrogen-bond acceptors (Lipinski definition) is 4. The molecule has 0 radical (unpaired) electrons. The maximum Gasteiger partial charge on any atom is 0.356 e. The van der Waals surface area contributed by atoms with E-state index in [4.69, 9.17) is 21.3 Å². The Morgan fingerprint density at radius 2 is 2.05 bits per heavy atom. The Balaban J connectivity index is 2.57. The van der Waals surface area contributed by atoms with Crippen molar-refractivity contribution in [1.82, 2.24) is 0 Å². The van der Waals surface area contributed by atoms with Gasteiger partial charge in [0, 0.05) is 35.6 Å². The molecule has 108 valence electrons. The van der Waals surface area contributed by atoms with Crippen molar-refractivity contribution in [3.8, 4) is 17.4 Å². The fraction of sp³-hybridized carbons (Fsp3) is 0.200. The monoisotopic (exact) mass is 366 g/mol. The lowest BCUT2D eigenvalue weighted by Crippen LogP contribution is -2.23. The van der Waals surface area contributed by atoms with Crippen LogP contribution < -0.4 is 10.5 Å². The summed E-state index contributed by atoms with van der Waals surface area (Å²) >= 11 is 9.20. The molecular formula is C15H12BrClN2O2. The molecule has 0 bridgehead atoms. The minimum atomic E-state index is -0.638. The Morgan fingerprint density at radius 1 is 1.38 bits per heavy atom. The van der Waals surface area contributed by atoms with Crippen LogP contribution in [0, 0.1) is 11.3 Å². The molecule has 0 saturated heterocycles. The third-order valence-corrected chi connectivity index (χ3v) is 3.61. The third kappa shape index (κ3) is 3.46. The summed E-state index contributed by atoms with van der Waals surface area (Å²) in [5.74, 6) is 0.409. The minimum Gasteiger partial charge on any atom is -0.422 e. The quantitative estimate of drug-likeness (QED) is 0.774. The molecule has 1 aromatic carbocycles. The summed E-state index contributed by atoms with van der Waals surface area (Å²) in [6.45, 7) is 0.665. The first-order valence-corrected chi connectivity index (χ1v) is 7.68. The van der Waals surface area contributed by atoms with E-state index in [-0.39, 0.29) is 5.56 Å².